The number of carbonyl (C=O) groups excluding carboxylic acids is 2. The number of piperazine rings is 1. The van der Waals surface area contributed by atoms with E-state index in [0.717, 1.165) is 11.6 Å². The lowest BCUT2D eigenvalue weighted by molar-refractivity contribution is -0.126. The average Bonchev–Trinajstić information content (AvgIpc) is 3.00. The third-order valence-electron chi connectivity index (χ3n) is 8.40. The molecule has 2 aromatic heterocycles. The third-order valence-corrected chi connectivity index (χ3v) is 8.40. The van der Waals surface area contributed by atoms with Crippen LogP contribution in [0.2, 0.25) is 0 Å². The second kappa shape index (κ2) is 11.4. The highest BCUT2D eigenvalue weighted by atomic mass is 19.1. The maximum Gasteiger partial charge on any atom is 0.355 e. The molecule has 0 unspecified atom stereocenters. The maximum absolute atomic E-state index is 16.2. The SMILES string of the molecule is C=CC(=O)N1CCN(c2nc(=O)n3c4nc(c(F)cc24)-c2c(F)cccc2NC(=O)CN(C)c2cccc(C(C)C)c2-3)[C@@H](C)C1. The number of rotatable bonds is 3. The van der Waals surface area contributed by atoms with E-state index in [1.54, 1.807) is 22.9 Å². The van der Waals surface area contributed by atoms with E-state index in [4.69, 9.17) is 0 Å². The van der Waals surface area contributed by atoms with Crippen molar-refractivity contribution in [1.29, 1.82) is 0 Å². The minimum absolute atomic E-state index is 0.0516. The Kier molecular flexibility index (Phi) is 7.59. The molecule has 2 aliphatic rings. The summed E-state index contributed by atoms with van der Waals surface area (Å²) in [5, 5.41) is 2.97. The van der Waals surface area contributed by atoms with Crippen molar-refractivity contribution in [3.8, 4) is 16.9 Å². The van der Waals surface area contributed by atoms with E-state index in [1.807, 2.05) is 37.8 Å². The Morgan fingerprint density at radius 1 is 1.09 bits per heavy atom. The van der Waals surface area contributed by atoms with Gasteiger partial charge in [0.05, 0.1) is 34.6 Å². The molecule has 4 aromatic rings. The molecule has 0 spiro atoms. The second-order valence-corrected chi connectivity index (χ2v) is 11.7. The van der Waals surface area contributed by atoms with Crippen LogP contribution in [0.3, 0.4) is 0 Å². The summed E-state index contributed by atoms with van der Waals surface area (Å²) in [6.07, 6.45) is 1.26. The van der Waals surface area contributed by atoms with E-state index >= 15 is 8.78 Å². The molecule has 4 heterocycles. The number of aromatic nitrogens is 3. The summed E-state index contributed by atoms with van der Waals surface area (Å²) >= 11 is 0. The van der Waals surface area contributed by atoms with Crippen LogP contribution in [-0.2, 0) is 9.59 Å². The Bertz CT molecular complexity index is 1940. The van der Waals surface area contributed by atoms with E-state index < -0.39 is 23.2 Å². The number of amides is 2. The van der Waals surface area contributed by atoms with Crippen LogP contribution in [0.4, 0.5) is 26.0 Å². The van der Waals surface area contributed by atoms with Crippen LogP contribution in [0.25, 0.3) is 28.0 Å². The molecule has 45 heavy (non-hydrogen) atoms. The van der Waals surface area contributed by atoms with Gasteiger partial charge in [0.25, 0.3) is 0 Å². The predicted molar refractivity (Wildman–Crippen MR) is 170 cm³/mol. The van der Waals surface area contributed by atoms with E-state index in [2.05, 4.69) is 21.9 Å². The molecule has 1 saturated heterocycles. The van der Waals surface area contributed by atoms with Crippen LogP contribution in [0.5, 0.6) is 0 Å². The van der Waals surface area contributed by atoms with E-state index in [9.17, 15) is 14.4 Å². The van der Waals surface area contributed by atoms with Gasteiger partial charge < -0.3 is 20.0 Å². The van der Waals surface area contributed by atoms with Gasteiger partial charge in [-0.2, -0.15) is 4.98 Å². The fourth-order valence-electron chi connectivity index (χ4n) is 6.23. The number of carbonyl (C=O) groups is 2. The van der Waals surface area contributed by atoms with Crippen molar-refractivity contribution in [3.05, 3.63) is 82.8 Å². The van der Waals surface area contributed by atoms with E-state index in [0.29, 0.717) is 31.0 Å². The Balaban J connectivity index is 1.72. The first-order valence-electron chi connectivity index (χ1n) is 14.7. The number of para-hydroxylation sites is 1. The second-order valence-electron chi connectivity index (χ2n) is 11.7. The molecule has 2 amide bonds. The number of hydrogen-bond acceptors (Lipinski definition) is 7. The molecule has 10 nitrogen and oxygen atoms in total. The number of benzene rings is 2. The fraction of sp³-hybridized carbons (Fsp3) is 0.303. The minimum Gasteiger partial charge on any atom is -0.364 e. The Morgan fingerprint density at radius 2 is 1.84 bits per heavy atom. The van der Waals surface area contributed by atoms with Crippen molar-refractivity contribution in [2.45, 2.75) is 32.7 Å². The van der Waals surface area contributed by atoms with E-state index in [-0.39, 0.29) is 58.2 Å². The number of nitrogens with zero attached hydrogens (tertiary/aromatic N) is 6. The maximum atomic E-state index is 16.2. The lowest BCUT2D eigenvalue weighted by Crippen LogP contribution is -2.54. The van der Waals surface area contributed by atoms with Gasteiger partial charge in [-0.25, -0.2) is 23.1 Å². The fourth-order valence-corrected chi connectivity index (χ4v) is 6.23. The van der Waals surface area contributed by atoms with E-state index in [1.165, 1.54) is 28.8 Å². The number of halogens is 2. The zero-order valence-electron chi connectivity index (χ0n) is 25.5. The Hall–Kier alpha value is -5.13. The predicted octanol–water partition coefficient (Wildman–Crippen LogP) is 4.46. The smallest absolute Gasteiger partial charge is 0.355 e. The molecule has 1 N–H and O–H groups in total. The molecule has 0 aliphatic carbocycles. The lowest BCUT2D eigenvalue weighted by Gasteiger charge is -2.40. The summed E-state index contributed by atoms with van der Waals surface area (Å²) < 4.78 is 33.0. The summed E-state index contributed by atoms with van der Waals surface area (Å²) in [4.78, 5) is 54.2. The van der Waals surface area contributed by atoms with Gasteiger partial charge in [0, 0.05) is 32.7 Å². The monoisotopic (exact) mass is 613 g/mol. The van der Waals surface area contributed by atoms with Crippen LogP contribution in [-0.4, -0.2) is 70.5 Å². The van der Waals surface area contributed by atoms with Crippen LogP contribution >= 0.6 is 0 Å². The van der Waals surface area contributed by atoms with Crippen LogP contribution in [0.15, 0.2) is 59.9 Å². The Morgan fingerprint density at radius 3 is 2.56 bits per heavy atom. The molecule has 0 radical (unpaired) electrons. The quantitative estimate of drug-likeness (QED) is 0.341. The number of pyridine rings is 1. The lowest BCUT2D eigenvalue weighted by atomic mass is 9.99. The van der Waals surface area contributed by atoms with Gasteiger partial charge in [0.15, 0.2) is 11.5 Å². The van der Waals surface area contributed by atoms with Crippen LogP contribution < -0.4 is 20.8 Å². The van der Waals surface area contributed by atoms with Gasteiger partial charge in [-0.1, -0.05) is 38.6 Å². The van der Waals surface area contributed by atoms with Crippen molar-refractivity contribution in [1.82, 2.24) is 19.4 Å². The van der Waals surface area contributed by atoms with Crippen molar-refractivity contribution in [2.24, 2.45) is 0 Å². The first kappa shape index (κ1) is 29.9. The number of fused-ring (bicyclic) bond motifs is 5. The third kappa shape index (κ3) is 5.09. The van der Waals surface area contributed by atoms with Gasteiger partial charge in [0.2, 0.25) is 11.8 Å². The number of nitrogens with one attached hydrogen (secondary N) is 1. The van der Waals surface area contributed by atoms with Crippen molar-refractivity contribution in [2.75, 3.05) is 48.3 Å². The largest absolute Gasteiger partial charge is 0.364 e. The number of anilines is 3. The van der Waals surface area contributed by atoms with Crippen molar-refractivity contribution in [3.63, 3.8) is 0 Å². The molecule has 2 aromatic carbocycles. The normalized spacial score (nSPS) is 16.6. The molecule has 2 bridgehead atoms. The zero-order chi connectivity index (χ0) is 32.2. The first-order chi connectivity index (χ1) is 21.5. The number of hydrogen-bond donors (Lipinski definition) is 1. The first-order valence-corrected chi connectivity index (χ1v) is 14.7. The standard InChI is InChI=1S/C33H33F2N7O3/c1-6-27(44)40-13-14-41(19(4)16-40)31-21-15-23(35)29-28-22(34)10-8-11-24(28)36-26(43)17-39(5)25-12-7-9-20(18(2)3)30(25)42(32(21)37-29)33(45)38-31/h6-12,15,18-19H,1,13-14,16-17H2,2-5H3,(H,36,43)/t19-/m0/s1. The molecule has 0 saturated carbocycles. The molecular formula is C33H33F2N7O3. The van der Waals surface area contributed by atoms with Crippen molar-refractivity contribution < 1.29 is 18.4 Å². The molecule has 2 aliphatic heterocycles. The average molecular weight is 614 g/mol. The summed E-state index contributed by atoms with van der Waals surface area (Å²) in [6.45, 7) is 10.3. The molecule has 6 rings (SSSR count). The number of likely N-dealkylation sites (N-methyl/N-ethyl adjacent to an activating group) is 1. The summed E-state index contributed by atoms with van der Waals surface area (Å²) in [5.74, 6) is -2.15. The van der Waals surface area contributed by atoms with Crippen LogP contribution in [0.1, 0.15) is 32.3 Å². The summed E-state index contributed by atoms with van der Waals surface area (Å²) in [7, 11) is 1.72. The molecular weight excluding hydrogens is 580 g/mol. The molecule has 1 fully saturated rings. The van der Waals surface area contributed by atoms with Crippen LogP contribution in [0, 0.1) is 11.6 Å². The highest BCUT2D eigenvalue weighted by Gasteiger charge is 2.32. The summed E-state index contributed by atoms with van der Waals surface area (Å²) in [5.41, 5.74) is 0.674. The molecule has 12 heteroatoms. The molecule has 1 atom stereocenters. The highest BCUT2D eigenvalue weighted by molar-refractivity contribution is 5.99. The Labute approximate surface area is 258 Å². The van der Waals surface area contributed by atoms with Gasteiger partial charge in [-0.3, -0.25) is 9.59 Å². The highest BCUT2D eigenvalue weighted by Crippen LogP contribution is 2.38. The van der Waals surface area contributed by atoms with Crippen molar-refractivity contribution >= 4 is 40.0 Å². The minimum atomic E-state index is -0.851. The van der Waals surface area contributed by atoms with Gasteiger partial charge in [0.1, 0.15) is 17.3 Å². The topological polar surface area (TPSA) is 104 Å². The van der Waals surface area contributed by atoms with Gasteiger partial charge in [-0.15, -0.1) is 0 Å². The van der Waals surface area contributed by atoms with Gasteiger partial charge in [-0.05, 0) is 48.7 Å². The summed E-state index contributed by atoms with van der Waals surface area (Å²) in [6, 6.07) is 10.5. The zero-order valence-corrected chi connectivity index (χ0v) is 25.5. The molecule has 232 valence electrons. The van der Waals surface area contributed by atoms with Gasteiger partial charge >= 0.3 is 5.69 Å².